The maximum Gasteiger partial charge on any atom is 0.274 e. The second-order valence-corrected chi connectivity index (χ2v) is 5.24. The first-order valence-corrected chi connectivity index (χ1v) is 7.37. The molecule has 1 N–H and O–H groups in total. The fourth-order valence-corrected chi connectivity index (χ4v) is 2.52. The van der Waals surface area contributed by atoms with E-state index in [0.29, 0.717) is 0 Å². The summed E-state index contributed by atoms with van der Waals surface area (Å²) in [5, 5.41) is 2.53. The number of aromatic nitrogens is 2. The van der Waals surface area contributed by atoms with Crippen molar-refractivity contribution in [2.24, 2.45) is 0 Å². The van der Waals surface area contributed by atoms with E-state index in [9.17, 15) is 9.18 Å². The summed E-state index contributed by atoms with van der Waals surface area (Å²) in [6.45, 7) is 1.87. The van der Waals surface area contributed by atoms with Gasteiger partial charge in [0.2, 0.25) is 0 Å². The predicted molar refractivity (Wildman–Crippen MR) is 82.4 cm³/mol. The molecule has 5 nitrogen and oxygen atoms in total. The van der Waals surface area contributed by atoms with Crippen molar-refractivity contribution in [3.63, 3.8) is 0 Å². The molecule has 1 aromatic heterocycles. The summed E-state index contributed by atoms with van der Waals surface area (Å²) < 4.78 is 13.6. The number of anilines is 2. The second kappa shape index (κ2) is 6.51. The summed E-state index contributed by atoms with van der Waals surface area (Å²) >= 11 is 0. The molecule has 0 saturated carbocycles. The molecule has 0 radical (unpaired) electrons. The second-order valence-electron chi connectivity index (χ2n) is 5.24. The van der Waals surface area contributed by atoms with Gasteiger partial charge in [0.05, 0.1) is 5.69 Å². The van der Waals surface area contributed by atoms with E-state index in [1.165, 1.54) is 24.9 Å². The van der Waals surface area contributed by atoms with E-state index in [-0.39, 0.29) is 11.4 Å². The van der Waals surface area contributed by atoms with Crippen molar-refractivity contribution in [1.82, 2.24) is 9.97 Å². The van der Waals surface area contributed by atoms with Crippen LogP contribution in [0.15, 0.2) is 36.7 Å². The molecule has 1 aliphatic rings. The average Bonchev–Trinajstić information content (AvgIpc) is 2.58. The number of nitrogens with zero attached hydrogens (tertiary/aromatic N) is 3. The van der Waals surface area contributed by atoms with Gasteiger partial charge in [0.1, 0.15) is 23.7 Å². The van der Waals surface area contributed by atoms with Crippen LogP contribution in [0.5, 0.6) is 0 Å². The van der Waals surface area contributed by atoms with Crippen LogP contribution in [0.3, 0.4) is 0 Å². The zero-order chi connectivity index (χ0) is 15.4. The van der Waals surface area contributed by atoms with E-state index >= 15 is 0 Å². The van der Waals surface area contributed by atoms with Crippen molar-refractivity contribution in [2.45, 2.75) is 19.3 Å². The molecule has 6 heteroatoms. The van der Waals surface area contributed by atoms with Crippen LogP contribution in [0.1, 0.15) is 29.8 Å². The minimum Gasteiger partial charge on any atom is -0.357 e. The minimum atomic E-state index is -0.471. The maximum absolute atomic E-state index is 13.6. The van der Waals surface area contributed by atoms with Gasteiger partial charge in [-0.1, -0.05) is 12.1 Å². The van der Waals surface area contributed by atoms with Gasteiger partial charge in [-0.3, -0.25) is 4.79 Å². The third-order valence-corrected chi connectivity index (χ3v) is 3.69. The highest BCUT2D eigenvalue weighted by molar-refractivity contribution is 6.03. The Hall–Kier alpha value is -2.50. The number of rotatable bonds is 3. The lowest BCUT2D eigenvalue weighted by molar-refractivity contribution is 0.102. The Morgan fingerprint density at radius 3 is 2.68 bits per heavy atom. The molecule has 0 aliphatic carbocycles. The lowest BCUT2D eigenvalue weighted by Crippen LogP contribution is -2.30. The Morgan fingerprint density at radius 2 is 1.91 bits per heavy atom. The number of carbonyl (C=O) groups is 1. The van der Waals surface area contributed by atoms with E-state index in [1.807, 2.05) is 0 Å². The lowest BCUT2D eigenvalue weighted by Gasteiger charge is -2.27. The van der Waals surface area contributed by atoms with Crippen molar-refractivity contribution in [3.8, 4) is 0 Å². The number of hydrogen-bond donors (Lipinski definition) is 1. The van der Waals surface area contributed by atoms with Gasteiger partial charge in [-0.25, -0.2) is 14.4 Å². The number of piperidine rings is 1. The SMILES string of the molecule is O=C(Nc1ccccc1F)c1cc(N2CCCCC2)ncn1. The molecule has 1 aromatic carbocycles. The molecule has 114 valence electrons. The van der Waals surface area contributed by atoms with Gasteiger partial charge in [-0.05, 0) is 31.4 Å². The van der Waals surface area contributed by atoms with Gasteiger partial charge in [-0.2, -0.15) is 0 Å². The third-order valence-electron chi connectivity index (χ3n) is 3.69. The van der Waals surface area contributed by atoms with Crippen molar-refractivity contribution >= 4 is 17.4 Å². The zero-order valence-electron chi connectivity index (χ0n) is 12.1. The van der Waals surface area contributed by atoms with E-state index in [1.54, 1.807) is 18.2 Å². The molecular formula is C16H17FN4O. The van der Waals surface area contributed by atoms with Crippen molar-refractivity contribution < 1.29 is 9.18 Å². The van der Waals surface area contributed by atoms with Crippen molar-refractivity contribution in [1.29, 1.82) is 0 Å². The third kappa shape index (κ3) is 3.21. The summed E-state index contributed by atoms with van der Waals surface area (Å²) in [6.07, 6.45) is 4.85. The van der Waals surface area contributed by atoms with Gasteiger partial charge in [0.15, 0.2) is 0 Å². The number of carbonyl (C=O) groups excluding carboxylic acids is 1. The Kier molecular flexibility index (Phi) is 4.27. The molecule has 2 heterocycles. The molecule has 0 bridgehead atoms. The van der Waals surface area contributed by atoms with Crippen LogP contribution in [-0.2, 0) is 0 Å². The van der Waals surface area contributed by atoms with E-state index in [0.717, 1.165) is 31.7 Å². The highest BCUT2D eigenvalue weighted by Crippen LogP contribution is 2.18. The topological polar surface area (TPSA) is 58.1 Å². The molecule has 2 aromatic rings. The molecular weight excluding hydrogens is 283 g/mol. The summed E-state index contributed by atoms with van der Waals surface area (Å²) in [7, 11) is 0. The summed E-state index contributed by atoms with van der Waals surface area (Å²) in [5.41, 5.74) is 0.379. The van der Waals surface area contributed by atoms with Crippen LogP contribution in [-0.4, -0.2) is 29.0 Å². The smallest absolute Gasteiger partial charge is 0.274 e. The molecule has 1 saturated heterocycles. The van der Waals surface area contributed by atoms with Crippen molar-refractivity contribution in [2.75, 3.05) is 23.3 Å². The molecule has 22 heavy (non-hydrogen) atoms. The number of benzene rings is 1. The normalized spacial score (nSPS) is 14.7. The number of halogens is 1. The first-order chi connectivity index (χ1) is 10.7. The molecule has 1 amide bonds. The number of nitrogens with one attached hydrogen (secondary N) is 1. The summed E-state index contributed by atoms with van der Waals surface area (Å²) in [6, 6.07) is 7.71. The van der Waals surface area contributed by atoms with Crippen LogP contribution in [0.2, 0.25) is 0 Å². The van der Waals surface area contributed by atoms with E-state index in [2.05, 4.69) is 20.2 Å². The maximum atomic E-state index is 13.6. The monoisotopic (exact) mass is 300 g/mol. The molecule has 3 rings (SSSR count). The molecule has 0 spiro atoms. The largest absolute Gasteiger partial charge is 0.357 e. The lowest BCUT2D eigenvalue weighted by atomic mass is 10.1. The van der Waals surface area contributed by atoms with Crippen LogP contribution in [0.4, 0.5) is 15.9 Å². The van der Waals surface area contributed by atoms with E-state index < -0.39 is 11.7 Å². The van der Waals surface area contributed by atoms with Gasteiger partial charge in [0, 0.05) is 19.2 Å². The number of hydrogen-bond acceptors (Lipinski definition) is 4. The van der Waals surface area contributed by atoms with Gasteiger partial charge < -0.3 is 10.2 Å². The van der Waals surface area contributed by atoms with Gasteiger partial charge in [-0.15, -0.1) is 0 Å². The Bertz CT molecular complexity index is 671. The standard InChI is InChI=1S/C16H17FN4O/c17-12-6-2-3-7-13(12)20-16(22)14-10-15(19-11-18-14)21-8-4-1-5-9-21/h2-3,6-7,10-11H,1,4-5,8-9H2,(H,20,22). The predicted octanol–water partition coefficient (Wildman–Crippen LogP) is 2.86. The van der Waals surface area contributed by atoms with Crippen LogP contribution >= 0.6 is 0 Å². The molecule has 0 unspecified atom stereocenters. The highest BCUT2D eigenvalue weighted by Gasteiger charge is 2.16. The van der Waals surface area contributed by atoms with Crippen LogP contribution < -0.4 is 10.2 Å². The first-order valence-electron chi connectivity index (χ1n) is 7.37. The molecule has 0 atom stereocenters. The first kappa shape index (κ1) is 14.4. The zero-order valence-corrected chi connectivity index (χ0v) is 12.1. The molecule has 1 aliphatic heterocycles. The molecule has 1 fully saturated rings. The fraction of sp³-hybridized carbons (Fsp3) is 0.312. The van der Waals surface area contributed by atoms with Gasteiger partial charge >= 0.3 is 0 Å². The minimum absolute atomic E-state index is 0.144. The number of amides is 1. The average molecular weight is 300 g/mol. The fourth-order valence-electron chi connectivity index (χ4n) is 2.52. The highest BCUT2D eigenvalue weighted by atomic mass is 19.1. The Balaban J connectivity index is 1.76. The van der Waals surface area contributed by atoms with Crippen molar-refractivity contribution in [3.05, 3.63) is 48.2 Å². The van der Waals surface area contributed by atoms with Crippen LogP contribution in [0.25, 0.3) is 0 Å². The Morgan fingerprint density at radius 1 is 1.14 bits per heavy atom. The number of para-hydroxylation sites is 1. The summed E-state index contributed by atoms with van der Waals surface area (Å²) in [5.74, 6) is -0.166. The van der Waals surface area contributed by atoms with E-state index in [4.69, 9.17) is 0 Å². The van der Waals surface area contributed by atoms with Gasteiger partial charge in [0.25, 0.3) is 5.91 Å². The summed E-state index contributed by atoms with van der Waals surface area (Å²) in [4.78, 5) is 22.6. The van der Waals surface area contributed by atoms with Crippen LogP contribution in [0, 0.1) is 5.82 Å². The Labute approximate surface area is 128 Å². The quantitative estimate of drug-likeness (QED) is 0.947.